The van der Waals surface area contributed by atoms with Gasteiger partial charge in [0.15, 0.2) is 0 Å². The number of nitriles is 1. The fourth-order valence-corrected chi connectivity index (χ4v) is 2.18. The van der Waals surface area contributed by atoms with Gasteiger partial charge in [0.25, 0.3) is 0 Å². The maximum absolute atomic E-state index is 8.85. The highest BCUT2D eigenvalue weighted by molar-refractivity contribution is 7.09. The van der Waals surface area contributed by atoms with Crippen molar-refractivity contribution in [3.8, 4) is 6.07 Å². The van der Waals surface area contributed by atoms with Gasteiger partial charge in [0.1, 0.15) is 0 Å². The van der Waals surface area contributed by atoms with Crippen LogP contribution in [0.15, 0.2) is 17.5 Å². The zero-order chi connectivity index (χ0) is 9.86. The highest BCUT2D eigenvalue weighted by Gasteiger charge is 2.42. The minimum atomic E-state index is -0.00451. The van der Waals surface area contributed by atoms with Crippen LogP contribution in [0, 0.1) is 16.7 Å². The largest absolute Gasteiger partial charge is 0.315 e. The minimum absolute atomic E-state index is 0.00451. The summed E-state index contributed by atoms with van der Waals surface area (Å²) in [5, 5.41) is 14.3. The van der Waals surface area contributed by atoms with Gasteiger partial charge < -0.3 is 5.32 Å². The van der Waals surface area contributed by atoms with Crippen molar-refractivity contribution in [1.82, 2.24) is 5.32 Å². The first-order valence-corrected chi connectivity index (χ1v) is 5.87. The molecular weight excluding hydrogens is 192 g/mol. The summed E-state index contributed by atoms with van der Waals surface area (Å²) in [4.78, 5) is 1.42. The topological polar surface area (TPSA) is 35.8 Å². The standard InChI is InChI=1S/C11H14N2S/c12-8-11(4-5-11)9-13-6-3-10-2-1-7-14-10/h1-2,7,13H,3-6,9H2. The third kappa shape index (κ3) is 2.34. The molecule has 0 radical (unpaired) electrons. The molecule has 0 amide bonds. The van der Waals surface area contributed by atoms with E-state index < -0.39 is 0 Å². The molecule has 1 saturated carbocycles. The van der Waals surface area contributed by atoms with Crippen LogP contribution < -0.4 is 5.32 Å². The maximum atomic E-state index is 8.85. The fraction of sp³-hybridized carbons (Fsp3) is 0.545. The quantitative estimate of drug-likeness (QED) is 0.750. The van der Waals surface area contributed by atoms with E-state index in [-0.39, 0.29) is 5.41 Å². The minimum Gasteiger partial charge on any atom is -0.315 e. The molecule has 0 spiro atoms. The lowest BCUT2D eigenvalue weighted by molar-refractivity contribution is 0.561. The Morgan fingerprint density at radius 3 is 3.00 bits per heavy atom. The summed E-state index contributed by atoms with van der Waals surface area (Å²) >= 11 is 1.80. The second-order valence-electron chi connectivity index (χ2n) is 3.90. The Morgan fingerprint density at radius 1 is 1.57 bits per heavy atom. The lowest BCUT2D eigenvalue weighted by Gasteiger charge is -2.06. The van der Waals surface area contributed by atoms with Crippen molar-refractivity contribution in [3.05, 3.63) is 22.4 Å². The molecule has 14 heavy (non-hydrogen) atoms. The molecule has 1 aliphatic rings. The Balaban J connectivity index is 1.63. The number of hydrogen-bond acceptors (Lipinski definition) is 3. The normalized spacial score (nSPS) is 17.6. The highest BCUT2D eigenvalue weighted by atomic mass is 32.1. The molecule has 1 N–H and O–H groups in total. The Morgan fingerprint density at radius 2 is 2.43 bits per heavy atom. The van der Waals surface area contributed by atoms with Gasteiger partial charge in [-0.25, -0.2) is 0 Å². The molecule has 1 fully saturated rings. The Bertz CT molecular complexity index is 320. The third-order valence-electron chi connectivity index (χ3n) is 2.68. The summed E-state index contributed by atoms with van der Waals surface area (Å²) < 4.78 is 0. The van der Waals surface area contributed by atoms with Gasteiger partial charge in [0, 0.05) is 18.0 Å². The first-order chi connectivity index (χ1) is 6.85. The molecule has 1 aliphatic carbocycles. The van der Waals surface area contributed by atoms with Crippen LogP contribution >= 0.6 is 11.3 Å². The molecule has 0 aliphatic heterocycles. The van der Waals surface area contributed by atoms with E-state index in [0.717, 1.165) is 32.4 Å². The molecule has 0 saturated heterocycles. The Labute approximate surface area is 88.6 Å². The summed E-state index contributed by atoms with van der Waals surface area (Å²) in [6, 6.07) is 6.62. The highest BCUT2D eigenvalue weighted by Crippen LogP contribution is 2.43. The number of nitrogens with one attached hydrogen (secondary N) is 1. The van der Waals surface area contributed by atoms with Crippen molar-refractivity contribution in [2.75, 3.05) is 13.1 Å². The van der Waals surface area contributed by atoms with Gasteiger partial charge in [0.05, 0.1) is 11.5 Å². The molecule has 2 nitrogen and oxygen atoms in total. The summed E-state index contributed by atoms with van der Waals surface area (Å²) in [5.41, 5.74) is -0.00451. The molecule has 2 rings (SSSR count). The monoisotopic (exact) mass is 206 g/mol. The van der Waals surface area contributed by atoms with E-state index in [1.807, 2.05) is 0 Å². The maximum Gasteiger partial charge on any atom is 0.0703 e. The summed E-state index contributed by atoms with van der Waals surface area (Å²) in [6.45, 7) is 1.86. The lowest BCUT2D eigenvalue weighted by Crippen LogP contribution is -2.24. The van der Waals surface area contributed by atoms with Gasteiger partial charge in [-0.2, -0.15) is 5.26 Å². The van der Waals surface area contributed by atoms with Gasteiger partial charge >= 0.3 is 0 Å². The molecule has 1 aromatic rings. The van der Waals surface area contributed by atoms with Gasteiger partial charge in [-0.15, -0.1) is 11.3 Å². The van der Waals surface area contributed by atoms with Crippen molar-refractivity contribution in [1.29, 1.82) is 5.26 Å². The summed E-state index contributed by atoms with van der Waals surface area (Å²) in [6.07, 6.45) is 3.24. The second kappa shape index (κ2) is 4.12. The van der Waals surface area contributed by atoms with Crippen LogP contribution in [-0.4, -0.2) is 13.1 Å². The SMILES string of the molecule is N#CC1(CNCCc2cccs2)CC1. The molecule has 1 aromatic heterocycles. The molecule has 0 bridgehead atoms. The molecule has 0 atom stereocenters. The molecule has 3 heteroatoms. The summed E-state index contributed by atoms with van der Waals surface area (Å²) in [7, 11) is 0. The average Bonchev–Trinajstić information content (AvgIpc) is 2.81. The lowest BCUT2D eigenvalue weighted by atomic mass is 10.1. The van der Waals surface area contributed by atoms with Crippen LogP contribution in [0.3, 0.4) is 0 Å². The number of thiophene rings is 1. The fourth-order valence-electron chi connectivity index (χ4n) is 1.47. The van der Waals surface area contributed by atoms with E-state index >= 15 is 0 Å². The van der Waals surface area contributed by atoms with E-state index in [4.69, 9.17) is 5.26 Å². The van der Waals surface area contributed by atoms with Crippen molar-refractivity contribution < 1.29 is 0 Å². The van der Waals surface area contributed by atoms with E-state index in [2.05, 4.69) is 28.9 Å². The van der Waals surface area contributed by atoms with E-state index in [0.29, 0.717) is 0 Å². The number of nitrogens with zero attached hydrogens (tertiary/aromatic N) is 1. The molecule has 74 valence electrons. The van der Waals surface area contributed by atoms with E-state index in [1.54, 1.807) is 11.3 Å². The van der Waals surface area contributed by atoms with Crippen LogP contribution in [0.4, 0.5) is 0 Å². The average molecular weight is 206 g/mol. The van der Waals surface area contributed by atoms with Crippen LogP contribution in [0.2, 0.25) is 0 Å². The molecule has 0 aromatic carbocycles. The third-order valence-corrected chi connectivity index (χ3v) is 3.62. The van der Waals surface area contributed by atoms with Gasteiger partial charge in [-0.1, -0.05) is 6.07 Å². The number of hydrogen-bond donors (Lipinski definition) is 1. The van der Waals surface area contributed by atoms with Gasteiger partial charge in [-0.05, 0) is 30.7 Å². The second-order valence-corrected chi connectivity index (χ2v) is 4.93. The first kappa shape index (κ1) is 9.70. The molecule has 1 heterocycles. The van der Waals surface area contributed by atoms with E-state index in [1.165, 1.54) is 4.88 Å². The summed E-state index contributed by atoms with van der Waals surface area (Å²) in [5.74, 6) is 0. The van der Waals surface area contributed by atoms with Crippen molar-refractivity contribution >= 4 is 11.3 Å². The van der Waals surface area contributed by atoms with E-state index in [9.17, 15) is 0 Å². The van der Waals surface area contributed by atoms with Gasteiger partial charge in [0.2, 0.25) is 0 Å². The van der Waals surface area contributed by atoms with Crippen molar-refractivity contribution in [2.24, 2.45) is 5.41 Å². The van der Waals surface area contributed by atoms with Crippen LogP contribution in [-0.2, 0) is 6.42 Å². The van der Waals surface area contributed by atoms with Crippen molar-refractivity contribution in [2.45, 2.75) is 19.3 Å². The smallest absolute Gasteiger partial charge is 0.0703 e. The molecular formula is C11H14N2S. The zero-order valence-electron chi connectivity index (χ0n) is 8.12. The van der Waals surface area contributed by atoms with Crippen LogP contribution in [0.1, 0.15) is 17.7 Å². The zero-order valence-corrected chi connectivity index (χ0v) is 8.94. The first-order valence-electron chi connectivity index (χ1n) is 4.99. The molecule has 0 unspecified atom stereocenters. The van der Waals surface area contributed by atoms with Gasteiger partial charge in [-0.3, -0.25) is 0 Å². The van der Waals surface area contributed by atoms with Crippen molar-refractivity contribution in [3.63, 3.8) is 0 Å². The Hall–Kier alpha value is -0.850. The predicted molar refractivity (Wildman–Crippen MR) is 58.2 cm³/mol. The Kier molecular flexibility index (Phi) is 2.85. The van der Waals surface area contributed by atoms with Crippen LogP contribution in [0.25, 0.3) is 0 Å². The predicted octanol–water partition coefficient (Wildman–Crippen LogP) is 2.18. The number of rotatable bonds is 5. The van der Waals surface area contributed by atoms with Crippen LogP contribution in [0.5, 0.6) is 0 Å².